The molecule has 0 saturated carbocycles. The monoisotopic (exact) mass is 1070 g/mol. The van der Waals surface area contributed by atoms with Crippen molar-refractivity contribution >= 4 is 65.0 Å². The van der Waals surface area contributed by atoms with E-state index in [2.05, 4.69) is 37.2 Å². The van der Waals surface area contributed by atoms with Gasteiger partial charge in [0.25, 0.3) is 0 Å². The SMILES string of the molecule is CC[C@H](C)[C@H](N)C(=O)N[C@@H](CC(N)=O)C(=O)N[C@@H](CC(C)C)C(=O)N[C@@H](CO)C(=O)N[C@@H](CCCCN)C(=O)N[C@@H](CCC(N)=O)C(=O)N[C@H](C(=O)N[C@@H](Cc1ccc(O)cc1)C(=O)N1CCC[C@H]1C(=O)O)[C@@H](C)CC. The van der Waals surface area contributed by atoms with E-state index in [4.69, 9.17) is 22.9 Å². The standard InChI is InChI=1S/C50H82N12O14/c1-7-27(5)40(54)47(72)58-34(24-39(53)66)45(70)57-33(22-26(3)4)44(69)60-36(25-63)46(71)55-31(12-9-10-20-51)42(67)56-32(18-19-38(52)65)43(68)61-41(28(6)8-2)48(73)59-35(23-29-14-16-30(64)17-15-29)49(74)62-21-11-13-37(62)50(75)76/h14-17,26-28,31-37,40-41,63-64H,7-13,18-25,51,54H2,1-6H3,(H2,52,65)(H2,53,66)(H,55,71)(H,56,67)(H,57,70)(H,58,72)(H,59,73)(H,60,69)(H,61,68)(H,75,76)/t27-,28-,31-,32-,33-,34-,35-,36-,37-,40-,41-/m0/s1. The van der Waals surface area contributed by atoms with Gasteiger partial charge in [0, 0.05) is 19.4 Å². The van der Waals surface area contributed by atoms with Crippen LogP contribution < -0.4 is 60.2 Å². The highest BCUT2D eigenvalue weighted by Gasteiger charge is 2.40. The molecule has 0 aliphatic carbocycles. The third-order valence-electron chi connectivity index (χ3n) is 13.3. The van der Waals surface area contributed by atoms with Crippen molar-refractivity contribution in [3.05, 3.63) is 29.8 Å². The molecule has 26 heteroatoms. The number of hydrogen-bond donors (Lipinski definition) is 14. The number of carboxylic acids is 1. The lowest BCUT2D eigenvalue weighted by atomic mass is 9.96. The summed E-state index contributed by atoms with van der Waals surface area (Å²) in [6, 6.07) is -6.71. The molecule has 76 heavy (non-hydrogen) atoms. The number of aromatic hydroxyl groups is 1. The van der Waals surface area contributed by atoms with Crippen LogP contribution in [0.1, 0.15) is 118 Å². The molecule has 0 bridgehead atoms. The Bertz CT molecular complexity index is 2160. The van der Waals surface area contributed by atoms with Gasteiger partial charge in [0.1, 0.15) is 54.1 Å². The molecular weight excluding hydrogens is 993 g/mol. The van der Waals surface area contributed by atoms with Crippen molar-refractivity contribution in [1.29, 1.82) is 0 Å². The van der Waals surface area contributed by atoms with Gasteiger partial charge in [-0.25, -0.2) is 4.79 Å². The molecule has 0 spiro atoms. The Kier molecular flexibility index (Phi) is 27.9. The number of carbonyl (C=O) groups excluding carboxylic acids is 10. The number of likely N-dealkylation sites (tertiary alicyclic amines) is 1. The first-order valence-corrected chi connectivity index (χ1v) is 25.8. The number of benzene rings is 1. The topological polar surface area (TPSA) is 440 Å². The summed E-state index contributed by atoms with van der Waals surface area (Å²) in [5.41, 5.74) is 23.1. The molecule has 2 rings (SSSR count). The molecule has 1 aliphatic heterocycles. The van der Waals surface area contributed by atoms with Crippen LogP contribution in [0.25, 0.3) is 0 Å². The van der Waals surface area contributed by atoms with Crippen LogP contribution in [0.4, 0.5) is 0 Å². The molecule has 1 aromatic rings. The molecule has 11 atom stereocenters. The number of phenolic OH excluding ortho intramolecular Hbond substituents is 1. The molecule has 18 N–H and O–H groups in total. The summed E-state index contributed by atoms with van der Waals surface area (Å²) >= 11 is 0. The van der Waals surface area contributed by atoms with E-state index in [0.29, 0.717) is 31.2 Å². The van der Waals surface area contributed by atoms with Crippen LogP contribution in [0.15, 0.2) is 24.3 Å². The number of phenols is 1. The molecule has 0 radical (unpaired) electrons. The molecule has 1 heterocycles. The largest absolute Gasteiger partial charge is 0.508 e. The summed E-state index contributed by atoms with van der Waals surface area (Å²) in [5.74, 6) is -11.4. The van der Waals surface area contributed by atoms with E-state index in [9.17, 15) is 68.1 Å². The van der Waals surface area contributed by atoms with Crippen molar-refractivity contribution in [2.45, 2.75) is 173 Å². The average Bonchev–Trinajstić information content (AvgIpc) is 3.87. The minimum Gasteiger partial charge on any atom is -0.508 e. The number of nitrogens with one attached hydrogen (secondary N) is 7. The van der Waals surface area contributed by atoms with Crippen molar-refractivity contribution in [2.24, 2.45) is 40.7 Å². The van der Waals surface area contributed by atoms with Crippen molar-refractivity contribution in [2.75, 3.05) is 19.7 Å². The fourth-order valence-electron chi connectivity index (χ4n) is 8.27. The summed E-state index contributed by atoms with van der Waals surface area (Å²) in [6.45, 7) is 9.66. The number of aliphatic hydroxyl groups excluding tert-OH is 1. The maximum Gasteiger partial charge on any atom is 0.326 e. The zero-order valence-corrected chi connectivity index (χ0v) is 44.4. The number of carbonyl (C=O) groups is 11. The van der Waals surface area contributed by atoms with Gasteiger partial charge < -0.3 is 80.4 Å². The van der Waals surface area contributed by atoms with Gasteiger partial charge in [-0.2, -0.15) is 0 Å². The fraction of sp³-hybridized carbons (Fsp3) is 0.660. The Morgan fingerprint density at radius 3 is 1.70 bits per heavy atom. The van der Waals surface area contributed by atoms with Gasteiger partial charge in [0.15, 0.2) is 0 Å². The first-order valence-electron chi connectivity index (χ1n) is 25.8. The van der Waals surface area contributed by atoms with Crippen LogP contribution in [0, 0.1) is 17.8 Å². The van der Waals surface area contributed by atoms with Crippen LogP contribution in [0.5, 0.6) is 5.75 Å². The Hall–Kier alpha value is -6.93. The second kappa shape index (κ2) is 32.5. The van der Waals surface area contributed by atoms with E-state index in [1.54, 1.807) is 34.6 Å². The number of rotatable bonds is 34. The molecular formula is C50H82N12O14. The molecule has 1 saturated heterocycles. The number of amides is 10. The highest BCUT2D eigenvalue weighted by Crippen LogP contribution is 2.21. The maximum absolute atomic E-state index is 14.3. The summed E-state index contributed by atoms with van der Waals surface area (Å²) in [5, 5.41) is 47.7. The number of nitrogens with zero attached hydrogens (tertiary/aromatic N) is 1. The second-order valence-electron chi connectivity index (χ2n) is 19.8. The lowest BCUT2D eigenvalue weighted by molar-refractivity contribution is -0.149. The van der Waals surface area contributed by atoms with E-state index >= 15 is 0 Å². The third-order valence-corrected chi connectivity index (χ3v) is 13.3. The molecule has 10 amide bonds. The number of hydrogen-bond acceptors (Lipinski definition) is 15. The van der Waals surface area contributed by atoms with E-state index in [-0.39, 0.29) is 69.2 Å². The fourth-order valence-corrected chi connectivity index (χ4v) is 8.27. The van der Waals surface area contributed by atoms with E-state index in [0.717, 1.165) is 0 Å². The van der Waals surface area contributed by atoms with Crippen LogP contribution in [0.3, 0.4) is 0 Å². The summed E-state index contributed by atoms with van der Waals surface area (Å²) < 4.78 is 0. The molecule has 0 unspecified atom stereocenters. The quantitative estimate of drug-likeness (QED) is 0.0309. The molecule has 1 aliphatic rings. The van der Waals surface area contributed by atoms with Crippen LogP contribution in [0.2, 0.25) is 0 Å². The Morgan fingerprint density at radius 1 is 0.645 bits per heavy atom. The lowest BCUT2D eigenvalue weighted by Crippen LogP contribution is -2.61. The highest BCUT2D eigenvalue weighted by atomic mass is 16.4. The van der Waals surface area contributed by atoms with Gasteiger partial charge in [0.2, 0.25) is 59.1 Å². The maximum atomic E-state index is 14.3. The van der Waals surface area contributed by atoms with Crippen molar-refractivity contribution in [3.8, 4) is 5.75 Å². The van der Waals surface area contributed by atoms with E-state index in [1.165, 1.54) is 29.2 Å². The predicted molar refractivity (Wildman–Crippen MR) is 276 cm³/mol. The smallest absolute Gasteiger partial charge is 0.326 e. The normalized spacial score (nSPS) is 17.2. The van der Waals surface area contributed by atoms with Gasteiger partial charge in [-0.3, -0.25) is 47.9 Å². The van der Waals surface area contributed by atoms with E-state index in [1.807, 2.05) is 6.92 Å². The number of aliphatic hydroxyl groups is 1. The second-order valence-corrected chi connectivity index (χ2v) is 19.8. The highest BCUT2D eigenvalue weighted by molar-refractivity contribution is 5.99. The Labute approximate surface area is 443 Å². The molecule has 426 valence electrons. The first-order chi connectivity index (χ1) is 35.8. The van der Waals surface area contributed by atoms with Crippen molar-refractivity contribution < 1.29 is 68.1 Å². The summed E-state index contributed by atoms with van der Waals surface area (Å²) in [7, 11) is 0. The van der Waals surface area contributed by atoms with Crippen LogP contribution in [-0.4, -0.2) is 159 Å². The third kappa shape index (κ3) is 21.4. The Morgan fingerprint density at radius 2 is 1.16 bits per heavy atom. The van der Waals surface area contributed by atoms with Gasteiger partial charge in [-0.1, -0.05) is 66.5 Å². The summed E-state index contributed by atoms with van der Waals surface area (Å²) in [4.78, 5) is 148. The molecule has 1 fully saturated rings. The van der Waals surface area contributed by atoms with Crippen LogP contribution >= 0.6 is 0 Å². The zero-order valence-electron chi connectivity index (χ0n) is 44.4. The molecule has 1 aromatic carbocycles. The number of carboxylic acid groups (broad SMARTS) is 1. The summed E-state index contributed by atoms with van der Waals surface area (Å²) in [6.07, 6.45) is 0.391. The number of nitrogens with two attached hydrogens (primary N) is 4. The van der Waals surface area contributed by atoms with Crippen LogP contribution in [-0.2, 0) is 59.2 Å². The average molecular weight is 1080 g/mol. The minimum atomic E-state index is -1.73. The van der Waals surface area contributed by atoms with Gasteiger partial charge >= 0.3 is 5.97 Å². The number of primary amides is 2. The first kappa shape index (κ1) is 65.2. The molecule has 26 nitrogen and oxygen atoms in total. The van der Waals surface area contributed by atoms with Gasteiger partial charge in [0.05, 0.1) is 19.1 Å². The van der Waals surface area contributed by atoms with Crippen molar-refractivity contribution in [1.82, 2.24) is 42.1 Å². The molecule has 0 aromatic heterocycles. The lowest BCUT2D eigenvalue weighted by Gasteiger charge is -2.31. The van der Waals surface area contributed by atoms with Crippen molar-refractivity contribution in [3.63, 3.8) is 0 Å². The van der Waals surface area contributed by atoms with Gasteiger partial charge in [-0.15, -0.1) is 0 Å². The predicted octanol–water partition coefficient (Wildman–Crippen LogP) is -2.87. The number of aliphatic carboxylic acids is 1. The number of unbranched alkanes of at least 4 members (excludes halogenated alkanes) is 1. The van der Waals surface area contributed by atoms with Gasteiger partial charge in [-0.05, 0) is 86.9 Å². The Balaban J connectivity index is 2.41. The van der Waals surface area contributed by atoms with E-state index < -0.39 is 145 Å². The minimum absolute atomic E-state index is 0.0241. The zero-order chi connectivity index (χ0) is 57.4.